The Kier molecular flexibility index (Phi) is 5.55. The van der Waals surface area contributed by atoms with Crippen LogP contribution in [-0.4, -0.2) is 31.4 Å². The molecule has 0 saturated heterocycles. The number of aromatic nitrogens is 1. The van der Waals surface area contributed by atoms with Crippen LogP contribution in [0.3, 0.4) is 0 Å². The van der Waals surface area contributed by atoms with Crippen LogP contribution in [0.2, 0.25) is 0 Å². The molecular weight excluding hydrogens is 400 g/mol. The van der Waals surface area contributed by atoms with Crippen molar-refractivity contribution in [1.29, 1.82) is 0 Å². The van der Waals surface area contributed by atoms with Crippen molar-refractivity contribution in [1.82, 2.24) is 4.98 Å². The van der Waals surface area contributed by atoms with E-state index in [1.54, 1.807) is 12.1 Å². The molecule has 0 unspecified atom stereocenters. The van der Waals surface area contributed by atoms with Gasteiger partial charge in [0, 0.05) is 23.9 Å². The van der Waals surface area contributed by atoms with E-state index in [-0.39, 0.29) is 22.0 Å². The molecule has 0 saturated carbocycles. The number of nitro benzene ring substituents is 1. The maximum Gasteiger partial charge on any atom is 0.341 e. The lowest BCUT2D eigenvalue weighted by molar-refractivity contribution is -0.384. The highest BCUT2D eigenvalue weighted by atomic mass is 32.2. The van der Waals surface area contributed by atoms with Gasteiger partial charge in [0.2, 0.25) is 0 Å². The highest BCUT2D eigenvalue weighted by molar-refractivity contribution is 7.87. The summed E-state index contributed by atoms with van der Waals surface area (Å²) in [5.41, 5.74) is 0.691. The summed E-state index contributed by atoms with van der Waals surface area (Å²) in [7, 11) is -3.02. The first kappa shape index (κ1) is 20.0. The Morgan fingerprint density at radius 1 is 1.03 bits per heavy atom. The van der Waals surface area contributed by atoms with Crippen LogP contribution in [0.1, 0.15) is 10.4 Å². The molecule has 0 aliphatic heterocycles. The van der Waals surface area contributed by atoms with Crippen molar-refractivity contribution in [3.63, 3.8) is 0 Å². The molecule has 1 aromatic heterocycles. The third-order valence-electron chi connectivity index (χ3n) is 3.87. The zero-order valence-electron chi connectivity index (χ0n) is 15.0. The average molecular weight is 414 g/mol. The number of pyridine rings is 1. The van der Waals surface area contributed by atoms with E-state index >= 15 is 0 Å². The van der Waals surface area contributed by atoms with Crippen LogP contribution in [0, 0.1) is 10.1 Å². The lowest BCUT2D eigenvalue weighted by atomic mass is 10.1. The summed E-state index contributed by atoms with van der Waals surface area (Å²) < 4.78 is 35.3. The summed E-state index contributed by atoms with van der Waals surface area (Å²) in [5, 5.41) is 10.7. The number of hydrogen-bond donors (Lipinski definition) is 0. The number of benzene rings is 2. The SMILES string of the molecule is COC(=O)c1ccc(-c2ncccc2S(=O)(=O)Oc2ccc([N+](=O)[O-])cc2)cc1. The smallest absolute Gasteiger partial charge is 0.341 e. The van der Waals surface area contributed by atoms with E-state index in [2.05, 4.69) is 9.72 Å². The van der Waals surface area contributed by atoms with Crippen molar-refractivity contribution in [3.05, 3.63) is 82.5 Å². The standard InChI is InChI=1S/C19H14N2O7S/c1-27-19(22)14-6-4-13(5-7-14)18-17(3-2-12-20-18)29(25,26)28-16-10-8-15(9-11-16)21(23)24/h2-12H,1H3. The van der Waals surface area contributed by atoms with Crippen LogP contribution in [0.15, 0.2) is 71.8 Å². The van der Waals surface area contributed by atoms with Crippen LogP contribution < -0.4 is 4.18 Å². The molecule has 148 valence electrons. The Labute approximate surface area is 165 Å². The molecule has 0 radical (unpaired) electrons. The molecule has 0 fully saturated rings. The fourth-order valence-corrected chi connectivity index (χ4v) is 3.59. The summed E-state index contributed by atoms with van der Waals surface area (Å²) in [5.74, 6) is -0.599. The van der Waals surface area contributed by atoms with E-state index in [1.807, 2.05) is 0 Å². The first-order valence-electron chi connectivity index (χ1n) is 8.14. The van der Waals surface area contributed by atoms with Crippen molar-refractivity contribution in [2.24, 2.45) is 0 Å². The van der Waals surface area contributed by atoms with E-state index < -0.39 is 21.0 Å². The molecule has 3 rings (SSSR count). The van der Waals surface area contributed by atoms with Crippen LogP contribution >= 0.6 is 0 Å². The second-order valence-electron chi connectivity index (χ2n) is 5.71. The minimum absolute atomic E-state index is 0.0774. The Morgan fingerprint density at radius 2 is 1.69 bits per heavy atom. The summed E-state index contributed by atoms with van der Waals surface area (Å²) >= 11 is 0. The van der Waals surface area contributed by atoms with E-state index in [0.717, 1.165) is 12.1 Å². The number of ether oxygens (including phenoxy) is 1. The molecular formula is C19H14N2O7S. The van der Waals surface area contributed by atoms with E-state index in [4.69, 9.17) is 4.18 Å². The second kappa shape index (κ2) is 8.07. The van der Waals surface area contributed by atoms with Gasteiger partial charge in [-0.1, -0.05) is 12.1 Å². The monoisotopic (exact) mass is 414 g/mol. The number of carbonyl (C=O) groups excluding carboxylic acids is 1. The average Bonchev–Trinajstić information content (AvgIpc) is 2.73. The molecule has 10 heteroatoms. The van der Waals surface area contributed by atoms with Crippen molar-refractivity contribution >= 4 is 21.8 Å². The summed E-state index contributed by atoms with van der Waals surface area (Å²) in [4.78, 5) is 25.6. The van der Waals surface area contributed by atoms with Gasteiger partial charge in [0.05, 0.1) is 23.3 Å². The molecule has 0 atom stereocenters. The molecule has 0 amide bonds. The third-order valence-corrected chi connectivity index (χ3v) is 5.15. The van der Waals surface area contributed by atoms with Gasteiger partial charge >= 0.3 is 16.1 Å². The third kappa shape index (κ3) is 4.38. The van der Waals surface area contributed by atoms with Gasteiger partial charge in [-0.05, 0) is 36.4 Å². The molecule has 0 aliphatic carbocycles. The van der Waals surface area contributed by atoms with E-state index in [0.29, 0.717) is 11.1 Å². The number of rotatable bonds is 6. The minimum Gasteiger partial charge on any atom is -0.465 e. The largest absolute Gasteiger partial charge is 0.465 e. The van der Waals surface area contributed by atoms with Gasteiger partial charge in [-0.15, -0.1) is 0 Å². The van der Waals surface area contributed by atoms with Crippen LogP contribution in [0.4, 0.5) is 5.69 Å². The minimum atomic E-state index is -4.28. The number of nitro groups is 1. The molecule has 0 aliphatic rings. The number of non-ortho nitro benzene ring substituents is 1. The van der Waals surface area contributed by atoms with Crippen molar-refractivity contribution in [3.8, 4) is 17.0 Å². The second-order valence-corrected chi connectivity index (χ2v) is 7.22. The summed E-state index contributed by atoms with van der Waals surface area (Å²) in [6.07, 6.45) is 1.43. The van der Waals surface area contributed by atoms with Gasteiger partial charge in [-0.3, -0.25) is 15.1 Å². The molecule has 9 nitrogen and oxygen atoms in total. The number of carbonyl (C=O) groups is 1. The first-order chi connectivity index (χ1) is 13.8. The zero-order valence-corrected chi connectivity index (χ0v) is 15.8. The fraction of sp³-hybridized carbons (Fsp3) is 0.0526. The predicted octanol–water partition coefficient (Wildman–Crippen LogP) is 3.21. The number of methoxy groups -OCH3 is 1. The van der Waals surface area contributed by atoms with Gasteiger partial charge in [-0.2, -0.15) is 8.42 Å². The number of nitrogens with zero attached hydrogens (tertiary/aromatic N) is 2. The zero-order chi connectivity index (χ0) is 21.0. The van der Waals surface area contributed by atoms with Gasteiger partial charge in [0.25, 0.3) is 5.69 Å². The van der Waals surface area contributed by atoms with Crippen LogP contribution in [-0.2, 0) is 14.9 Å². The van der Waals surface area contributed by atoms with Gasteiger partial charge < -0.3 is 8.92 Å². The molecule has 2 aromatic carbocycles. The summed E-state index contributed by atoms with van der Waals surface area (Å²) in [6, 6.07) is 13.5. The van der Waals surface area contributed by atoms with Gasteiger partial charge in [0.15, 0.2) is 0 Å². The predicted molar refractivity (Wildman–Crippen MR) is 102 cm³/mol. The molecule has 0 bridgehead atoms. The highest BCUT2D eigenvalue weighted by Gasteiger charge is 2.23. The maximum atomic E-state index is 12.8. The molecule has 1 heterocycles. The first-order valence-corrected chi connectivity index (χ1v) is 9.55. The van der Waals surface area contributed by atoms with E-state index in [1.165, 1.54) is 49.7 Å². The lowest BCUT2D eigenvalue weighted by Gasteiger charge is -2.11. The van der Waals surface area contributed by atoms with Gasteiger partial charge in [0.1, 0.15) is 10.6 Å². The Hall–Kier alpha value is -3.79. The topological polar surface area (TPSA) is 126 Å². The van der Waals surface area contributed by atoms with Crippen LogP contribution in [0.25, 0.3) is 11.3 Å². The van der Waals surface area contributed by atoms with Crippen molar-refractivity contribution in [2.45, 2.75) is 4.90 Å². The Bertz CT molecular complexity index is 1160. The Morgan fingerprint density at radius 3 is 2.28 bits per heavy atom. The number of esters is 1. The van der Waals surface area contributed by atoms with Crippen molar-refractivity contribution < 1.29 is 27.1 Å². The number of hydrogen-bond acceptors (Lipinski definition) is 8. The van der Waals surface area contributed by atoms with Crippen molar-refractivity contribution in [2.75, 3.05) is 7.11 Å². The quantitative estimate of drug-likeness (QED) is 0.260. The van der Waals surface area contributed by atoms with Gasteiger partial charge in [-0.25, -0.2) is 4.79 Å². The summed E-state index contributed by atoms with van der Waals surface area (Å²) in [6.45, 7) is 0. The van der Waals surface area contributed by atoms with E-state index in [9.17, 15) is 23.3 Å². The molecule has 3 aromatic rings. The van der Waals surface area contributed by atoms with Crippen LogP contribution in [0.5, 0.6) is 5.75 Å². The molecule has 29 heavy (non-hydrogen) atoms. The molecule has 0 spiro atoms. The Balaban J connectivity index is 1.94. The molecule has 0 N–H and O–H groups in total. The maximum absolute atomic E-state index is 12.8. The highest BCUT2D eigenvalue weighted by Crippen LogP contribution is 2.28. The normalized spacial score (nSPS) is 10.9. The lowest BCUT2D eigenvalue weighted by Crippen LogP contribution is -2.12. The fourth-order valence-electron chi connectivity index (χ4n) is 2.49.